The van der Waals surface area contributed by atoms with Crippen LogP contribution in [0.25, 0.3) is 11.0 Å². The first-order chi connectivity index (χ1) is 52.4. The van der Waals surface area contributed by atoms with Crippen LogP contribution in [0.4, 0.5) is 50.9 Å². The van der Waals surface area contributed by atoms with Crippen molar-refractivity contribution in [2.45, 2.75) is 67.2 Å². The van der Waals surface area contributed by atoms with Gasteiger partial charge in [-0.3, -0.25) is 37.8 Å². The van der Waals surface area contributed by atoms with E-state index in [0.717, 1.165) is 101 Å². The fourth-order valence-corrected chi connectivity index (χ4v) is 14.8. The molecular formula is C73H64F9N7O19S4. The summed E-state index contributed by atoms with van der Waals surface area (Å²) in [7, 11) is -15.1. The Kier molecular flexibility index (Phi) is 27.2. The number of primary sulfonamides is 1. The number of amidine groups is 1. The van der Waals surface area contributed by atoms with Gasteiger partial charge in [-0.25, -0.2) is 74.7 Å². The number of sulfonamides is 2. The van der Waals surface area contributed by atoms with Crippen molar-refractivity contribution >= 4 is 91.7 Å². The number of fused-ring (bicyclic) bond motifs is 3. The molecule has 0 saturated heterocycles. The molecule has 6 heterocycles. The molecule has 10 aromatic rings. The van der Waals surface area contributed by atoms with Crippen LogP contribution in [-0.4, -0.2) is 120 Å². The fourth-order valence-electron chi connectivity index (χ4n) is 11.4. The van der Waals surface area contributed by atoms with E-state index in [9.17, 15) is 112 Å². The van der Waals surface area contributed by atoms with Crippen molar-refractivity contribution in [1.29, 1.82) is 0 Å². The Bertz CT molecular complexity index is 5960. The van der Waals surface area contributed by atoms with Gasteiger partial charge in [-0.1, -0.05) is 12.1 Å². The van der Waals surface area contributed by atoms with Crippen LogP contribution in [0.5, 0.6) is 11.5 Å². The van der Waals surface area contributed by atoms with Crippen molar-refractivity contribution in [3.8, 4) is 11.5 Å². The number of nitrogen functional groups attached to an aromatic ring is 1. The van der Waals surface area contributed by atoms with E-state index in [1.807, 2.05) is 0 Å². The molecule has 1 aliphatic heterocycles. The zero-order chi connectivity index (χ0) is 82.8. The lowest BCUT2D eigenvalue weighted by molar-refractivity contribution is -0.164. The molecule has 592 valence electrons. The molecule has 7 N–H and O–H groups in total. The molecule has 1 unspecified atom stereocenters. The largest absolute Gasteiger partial charge is 0.507 e. The first-order valence-electron chi connectivity index (χ1n) is 32.5. The molecule has 1 atom stereocenters. The smallest absolute Gasteiger partial charge is 0.347 e. The van der Waals surface area contributed by atoms with E-state index in [1.54, 1.807) is 0 Å². The Balaban J connectivity index is 0.000000195. The predicted molar refractivity (Wildman–Crippen MR) is 387 cm³/mol. The number of benzene rings is 5. The number of nitrogens with one attached hydrogen (secondary N) is 1. The molecule has 11 rings (SSSR count). The second-order valence-electron chi connectivity index (χ2n) is 24.6. The monoisotopic (exact) mass is 1640 g/mol. The van der Waals surface area contributed by atoms with Gasteiger partial charge in [0.2, 0.25) is 15.9 Å². The van der Waals surface area contributed by atoms with E-state index in [0.29, 0.717) is 23.8 Å². The predicted octanol–water partition coefficient (Wildman–Crippen LogP) is 8.91. The van der Waals surface area contributed by atoms with Gasteiger partial charge in [0.05, 0.1) is 71.5 Å². The summed E-state index contributed by atoms with van der Waals surface area (Å²) >= 11 is 0. The minimum Gasteiger partial charge on any atom is -0.507 e. The molecular weight excluding hydrogens is 1580 g/mol. The van der Waals surface area contributed by atoms with Crippen LogP contribution in [0.2, 0.25) is 0 Å². The molecule has 0 fully saturated rings. The SMILES string of the molecule is CCOC(=O)C(C(=O)OCC)C(=O)C(Cc1cc(F)cc(F)c1)c1ccc(F)cn1.CCOC(=O)c1c(O)c(Cc2cc(F)cc(F)c2)c2ccc(F)cn2c1=O.CS(=O)(=O)Cc1ccc(N)c(S(N)(=O)=O)c1.CS(=O)(=O)Cc1ccc2c(c1)S(=O)(=O)N=C(c1c(O)c(Cc3cc(F)cc(F)c3)c3ccc(F)cn3c1=O)N2. The van der Waals surface area contributed by atoms with Crippen LogP contribution in [0.1, 0.15) is 87.2 Å². The molecule has 1 aliphatic rings. The van der Waals surface area contributed by atoms with Crippen LogP contribution in [0.3, 0.4) is 0 Å². The van der Waals surface area contributed by atoms with Crippen LogP contribution in [0, 0.1) is 58.3 Å². The lowest BCUT2D eigenvalue weighted by Crippen LogP contribution is -2.38. The number of anilines is 2. The zero-order valence-corrected chi connectivity index (χ0v) is 62.2. The molecule has 5 aromatic carbocycles. The third-order valence-electron chi connectivity index (χ3n) is 15.8. The second kappa shape index (κ2) is 35.5. The summed E-state index contributed by atoms with van der Waals surface area (Å²) in [6, 6.07) is 22.6. The van der Waals surface area contributed by atoms with Crippen molar-refractivity contribution in [3.63, 3.8) is 0 Å². The summed E-state index contributed by atoms with van der Waals surface area (Å²) in [4.78, 5) is 79.1. The van der Waals surface area contributed by atoms with E-state index in [2.05, 4.69) is 14.7 Å². The molecule has 112 heavy (non-hydrogen) atoms. The maximum Gasteiger partial charge on any atom is 0.347 e. The highest BCUT2D eigenvalue weighted by Gasteiger charge is 2.42. The number of ether oxygens (including phenoxy) is 3. The van der Waals surface area contributed by atoms with Crippen LogP contribution in [-0.2, 0) is 99.1 Å². The number of esters is 3. The number of aromatic hydroxyl groups is 2. The maximum atomic E-state index is 14.1. The molecule has 0 aliphatic carbocycles. The summed E-state index contributed by atoms with van der Waals surface area (Å²) in [5.41, 5.74) is 3.05. The number of sulfone groups is 2. The molecule has 0 bridgehead atoms. The van der Waals surface area contributed by atoms with Gasteiger partial charge in [-0.05, 0) is 152 Å². The van der Waals surface area contributed by atoms with Crippen molar-refractivity contribution in [2.75, 3.05) is 43.4 Å². The average molecular weight is 1640 g/mol. The molecule has 0 amide bonds. The highest BCUT2D eigenvalue weighted by molar-refractivity contribution is 7.91. The van der Waals surface area contributed by atoms with Gasteiger partial charge in [0.15, 0.2) is 36.9 Å². The number of nitrogens with zero attached hydrogens (tertiary/aromatic N) is 4. The number of halogens is 9. The topological polar surface area (TPSA) is 405 Å². The zero-order valence-electron chi connectivity index (χ0n) is 59.0. The number of hydrogen-bond acceptors (Lipinski definition) is 22. The van der Waals surface area contributed by atoms with Crippen LogP contribution < -0.4 is 27.3 Å². The lowest BCUT2D eigenvalue weighted by atomic mass is 9.85. The van der Waals surface area contributed by atoms with E-state index in [1.165, 1.54) is 69.3 Å². The molecule has 39 heteroatoms. The number of nitrogens with two attached hydrogens (primary N) is 2. The van der Waals surface area contributed by atoms with Gasteiger partial charge in [-0.2, -0.15) is 8.42 Å². The lowest BCUT2D eigenvalue weighted by Gasteiger charge is -2.21. The van der Waals surface area contributed by atoms with Gasteiger partial charge in [0.25, 0.3) is 21.1 Å². The minimum absolute atomic E-state index is 0.000231. The standard InChI is InChI=1S/C25H18F3N3O6S2.C21H20F3NO5.C19H14F3NO4.C8H12N2O4S2/c1-38(34,35)12-13-2-4-19-21(9-13)39(36,37)30-24(29-19)22-23(32)18(8-14-6-16(27)10-17(28)7-14)20-5-3-15(26)11-31(20)25(22)33;1-3-29-20(27)18(21(28)30-4-2)19(26)16(17-6-5-13(22)11-25-17)9-12-7-14(23)10-15(24)8-12;1-2-27-19(26)16-17(24)14(7-10-5-12(21)8-13(22)6-10)15-4-3-11(20)9-23(15)18(16)25;1-15(11,12)5-6-2-3-7(9)8(4-6)16(10,13)14/h2-7,9-11,32H,8,12H2,1H3,(H,29,30);5-8,10-11,16,18H,3-4,9H2,1-2H3;3-6,8-9,24H,2,7H2,1H3;2-4H,5,9H2,1H3,(H2,10,13,14). The van der Waals surface area contributed by atoms with Gasteiger partial charge >= 0.3 is 17.9 Å². The molecule has 26 nitrogen and oxygen atoms in total. The van der Waals surface area contributed by atoms with Crippen molar-refractivity contribution in [3.05, 3.63) is 275 Å². The summed E-state index contributed by atoms with van der Waals surface area (Å²) in [5.74, 6) is -17.5. The van der Waals surface area contributed by atoms with Gasteiger partial charge in [-0.15, -0.1) is 4.40 Å². The van der Waals surface area contributed by atoms with Crippen LogP contribution >= 0.6 is 0 Å². The number of carbonyl (C=O) groups excluding carboxylic acids is 4. The Labute approximate surface area is 631 Å². The van der Waals surface area contributed by atoms with E-state index in [4.69, 9.17) is 25.1 Å². The second-order valence-corrected chi connectivity index (χ2v) is 31.9. The Hall–Kier alpha value is -11.8. The van der Waals surface area contributed by atoms with E-state index >= 15 is 0 Å². The normalized spacial score (nSPS) is 12.7. The highest BCUT2D eigenvalue weighted by Crippen LogP contribution is 2.36. The van der Waals surface area contributed by atoms with E-state index < -0.39 is 173 Å². The third-order valence-corrected chi connectivity index (χ3v) is 19.8. The number of hydrogen-bond donors (Lipinski definition) is 5. The Morgan fingerprint density at radius 1 is 0.545 bits per heavy atom. The van der Waals surface area contributed by atoms with E-state index in [-0.39, 0.29) is 116 Å². The van der Waals surface area contributed by atoms with Crippen molar-refractivity contribution < 1.29 is 117 Å². The number of ketones is 1. The molecule has 5 aromatic heterocycles. The summed E-state index contributed by atoms with van der Waals surface area (Å²) in [6.07, 6.45) is 3.77. The summed E-state index contributed by atoms with van der Waals surface area (Å²) in [6.45, 7) is 4.29. The first-order valence-corrected chi connectivity index (χ1v) is 39.6. The number of aromatic nitrogens is 3. The van der Waals surface area contributed by atoms with Gasteiger partial charge in [0, 0.05) is 67.1 Å². The summed E-state index contributed by atoms with van der Waals surface area (Å²) < 4.78 is 236. The number of carbonyl (C=O) groups is 4. The number of pyridine rings is 5. The highest BCUT2D eigenvalue weighted by atomic mass is 32.2. The molecule has 0 saturated carbocycles. The first kappa shape index (κ1) is 85.8. The number of rotatable bonds is 21. The fraction of sp³-hybridized carbons (Fsp3) is 0.205. The third kappa shape index (κ3) is 21.8. The number of Topliss-reactive ketones (excluding diaryl/α,β-unsaturated/α-hetero) is 1. The molecule has 0 radical (unpaired) electrons. The van der Waals surface area contributed by atoms with Gasteiger partial charge < -0.3 is 35.5 Å². The van der Waals surface area contributed by atoms with Gasteiger partial charge in [0.1, 0.15) is 79.2 Å². The Morgan fingerprint density at radius 2 is 0.991 bits per heavy atom. The molecule has 0 spiro atoms. The van der Waals surface area contributed by atoms with Crippen LogP contribution in [0.15, 0.2) is 170 Å². The van der Waals surface area contributed by atoms with Crippen molar-refractivity contribution in [1.82, 2.24) is 13.8 Å². The Morgan fingerprint density at radius 3 is 1.45 bits per heavy atom. The van der Waals surface area contributed by atoms with Crippen molar-refractivity contribution in [2.24, 2.45) is 15.5 Å². The maximum absolute atomic E-state index is 14.1. The minimum atomic E-state index is -4.50. The quantitative estimate of drug-likeness (QED) is 0.0147. The average Bonchev–Trinajstić information content (AvgIpc) is 0.746. The summed E-state index contributed by atoms with van der Waals surface area (Å²) in [5, 5.41) is 29.3.